The van der Waals surface area contributed by atoms with Crippen LogP contribution in [0.3, 0.4) is 0 Å². The van der Waals surface area contributed by atoms with Gasteiger partial charge in [-0.05, 0) is 37.7 Å². The molecular formula is C21H20N6O3S. The molecule has 4 amide bonds. The van der Waals surface area contributed by atoms with Gasteiger partial charge < -0.3 is 5.32 Å². The highest BCUT2D eigenvalue weighted by atomic mass is 32.1. The molecule has 31 heavy (non-hydrogen) atoms. The van der Waals surface area contributed by atoms with Crippen LogP contribution in [0.15, 0.2) is 54.6 Å². The van der Waals surface area contributed by atoms with E-state index in [1.807, 2.05) is 37.3 Å². The summed E-state index contributed by atoms with van der Waals surface area (Å²) < 4.78 is 1.76. The number of aromatic amines is 1. The highest BCUT2D eigenvalue weighted by Gasteiger charge is 2.49. The van der Waals surface area contributed by atoms with Crippen LogP contribution < -0.4 is 10.7 Å². The molecule has 10 heteroatoms. The second kappa shape index (κ2) is 7.80. The number of rotatable bonds is 5. The summed E-state index contributed by atoms with van der Waals surface area (Å²) in [5.74, 6) is -0.686. The summed E-state index contributed by atoms with van der Waals surface area (Å²) in [5, 5.41) is 10.2. The van der Waals surface area contributed by atoms with Crippen molar-refractivity contribution in [1.82, 2.24) is 30.5 Å². The third kappa shape index (κ3) is 3.73. The summed E-state index contributed by atoms with van der Waals surface area (Å²) in [6, 6.07) is 15.7. The topological polar surface area (TPSA) is 112 Å². The maximum Gasteiger partial charge on any atom is 0.344 e. The third-order valence-electron chi connectivity index (χ3n) is 5.11. The van der Waals surface area contributed by atoms with E-state index in [2.05, 4.69) is 20.9 Å². The lowest BCUT2D eigenvalue weighted by Gasteiger charge is -2.22. The molecule has 1 unspecified atom stereocenters. The Labute approximate surface area is 183 Å². The Morgan fingerprint density at radius 2 is 1.90 bits per heavy atom. The molecule has 2 aromatic carbocycles. The van der Waals surface area contributed by atoms with E-state index in [0.29, 0.717) is 16.4 Å². The molecule has 158 valence electrons. The van der Waals surface area contributed by atoms with Crippen LogP contribution in [-0.4, -0.2) is 37.6 Å². The van der Waals surface area contributed by atoms with Crippen molar-refractivity contribution >= 4 is 30.1 Å². The van der Waals surface area contributed by atoms with Gasteiger partial charge in [-0.2, -0.15) is 10.1 Å². The van der Waals surface area contributed by atoms with Crippen LogP contribution in [0.1, 0.15) is 18.1 Å². The van der Waals surface area contributed by atoms with Gasteiger partial charge in [0.05, 0.1) is 0 Å². The van der Waals surface area contributed by atoms with Crippen molar-refractivity contribution in [3.8, 4) is 11.4 Å². The third-order valence-corrected chi connectivity index (χ3v) is 5.43. The Morgan fingerprint density at radius 3 is 2.61 bits per heavy atom. The van der Waals surface area contributed by atoms with E-state index in [1.54, 1.807) is 31.2 Å². The molecule has 1 aliphatic heterocycles. The first-order valence-corrected chi connectivity index (χ1v) is 9.94. The molecule has 1 fully saturated rings. The van der Waals surface area contributed by atoms with Crippen LogP contribution in [0.5, 0.6) is 0 Å². The summed E-state index contributed by atoms with van der Waals surface area (Å²) >= 11 is 5.26. The number of imide groups is 1. The molecule has 0 radical (unpaired) electrons. The summed E-state index contributed by atoms with van der Waals surface area (Å²) in [6.07, 6.45) is 0. The Hall–Kier alpha value is -3.79. The molecule has 1 aromatic heterocycles. The number of hydrogen-bond acceptors (Lipinski definition) is 5. The second-order valence-corrected chi connectivity index (χ2v) is 7.79. The summed E-state index contributed by atoms with van der Waals surface area (Å²) in [5.41, 5.74) is 3.54. The van der Waals surface area contributed by atoms with Crippen molar-refractivity contribution in [1.29, 1.82) is 0 Å². The van der Waals surface area contributed by atoms with Gasteiger partial charge in [-0.3, -0.25) is 24.7 Å². The summed E-state index contributed by atoms with van der Waals surface area (Å²) in [4.78, 5) is 38.1. The van der Waals surface area contributed by atoms with Crippen molar-refractivity contribution in [2.24, 2.45) is 0 Å². The number of hydrazine groups is 1. The number of nitrogens with zero attached hydrogens (tertiary/aromatic N) is 3. The fourth-order valence-corrected chi connectivity index (χ4v) is 3.68. The Balaban J connectivity index is 1.54. The van der Waals surface area contributed by atoms with Crippen molar-refractivity contribution in [3.63, 3.8) is 0 Å². The van der Waals surface area contributed by atoms with E-state index < -0.39 is 23.4 Å². The number of hydrogen-bond donors (Lipinski definition) is 3. The van der Waals surface area contributed by atoms with Gasteiger partial charge in [-0.15, -0.1) is 0 Å². The van der Waals surface area contributed by atoms with Gasteiger partial charge in [0.1, 0.15) is 12.1 Å². The minimum absolute atomic E-state index is 0.224. The molecule has 0 saturated carbocycles. The second-order valence-electron chi connectivity index (χ2n) is 7.40. The van der Waals surface area contributed by atoms with Gasteiger partial charge in [0.25, 0.3) is 11.8 Å². The average Bonchev–Trinajstić information content (AvgIpc) is 3.21. The lowest BCUT2D eigenvalue weighted by molar-refractivity contribution is -0.139. The van der Waals surface area contributed by atoms with Crippen molar-refractivity contribution in [2.45, 2.75) is 25.9 Å². The van der Waals surface area contributed by atoms with Crippen LogP contribution in [0.2, 0.25) is 0 Å². The number of nitrogens with one attached hydrogen (secondary N) is 3. The van der Waals surface area contributed by atoms with Crippen molar-refractivity contribution in [3.05, 3.63) is 70.5 Å². The maximum atomic E-state index is 13.0. The number of benzene rings is 2. The Morgan fingerprint density at radius 1 is 1.16 bits per heavy atom. The fourth-order valence-electron chi connectivity index (χ4n) is 3.48. The van der Waals surface area contributed by atoms with E-state index >= 15 is 0 Å². The molecule has 1 atom stereocenters. The molecule has 2 heterocycles. The molecule has 0 aliphatic carbocycles. The van der Waals surface area contributed by atoms with Gasteiger partial charge in [-0.25, -0.2) is 4.79 Å². The zero-order valence-corrected chi connectivity index (χ0v) is 17.7. The van der Waals surface area contributed by atoms with Gasteiger partial charge in [0.15, 0.2) is 10.6 Å². The van der Waals surface area contributed by atoms with Crippen molar-refractivity contribution < 1.29 is 14.4 Å². The highest BCUT2D eigenvalue weighted by molar-refractivity contribution is 7.71. The Kier molecular flexibility index (Phi) is 5.15. The van der Waals surface area contributed by atoms with E-state index in [0.717, 1.165) is 11.1 Å². The number of H-pyrrole nitrogens is 1. The number of aromatic nitrogens is 3. The SMILES string of the molecule is Cc1cccc(-c2n[nH]c(=S)n2CC(=O)NN2C(=O)NC(C)(c3ccccc3)C2=O)c1. The Bertz CT molecular complexity index is 1240. The van der Waals surface area contributed by atoms with Crippen LogP contribution in [0.25, 0.3) is 11.4 Å². The largest absolute Gasteiger partial charge is 0.344 e. The number of amides is 4. The monoisotopic (exact) mass is 436 g/mol. The molecule has 3 aromatic rings. The number of aryl methyl sites for hydroxylation is 1. The van der Waals surface area contributed by atoms with E-state index in [9.17, 15) is 14.4 Å². The van der Waals surface area contributed by atoms with Gasteiger partial charge in [0, 0.05) is 5.56 Å². The molecule has 4 rings (SSSR count). The quantitative estimate of drug-likeness (QED) is 0.420. The van der Waals surface area contributed by atoms with Crippen molar-refractivity contribution in [2.75, 3.05) is 0 Å². The van der Waals surface area contributed by atoms with Gasteiger partial charge >= 0.3 is 6.03 Å². The standard InChI is InChI=1S/C21H20N6O3S/c1-13-7-6-8-14(11-13)17-23-24-20(31)26(17)12-16(28)25-27-18(29)21(2,22-19(27)30)15-9-4-3-5-10-15/h3-11H,12H2,1-2H3,(H,22,30)(H,24,31)(H,25,28). The van der Waals surface area contributed by atoms with E-state index in [1.165, 1.54) is 4.57 Å². The van der Waals surface area contributed by atoms with Gasteiger partial charge in [-0.1, -0.05) is 54.1 Å². The molecule has 9 nitrogen and oxygen atoms in total. The van der Waals surface area contributed by atoms with E-state index in [4.69, 9.17) is 12.2 Å². The smallest absolute Gasteiger partial charge is 0.318 e. The molecule has 1 aliphatic rings. The zero-order chi connectivity index (χ0) is 22.2. The highest BCUT2D eigenvalue weighted by Crippen LogP contribution is 2.27. The summed E-state index contributed by atoms with van der Waals surface area (Å²) in [7, 11) is 0. The first-order valence-electron chi connectivity index (χ1n) is 9.53. The lowest BCUT2D eigenvalue weighted by Crippen LogP contribution is -2.48. The molecule has 0 spiro atoms. The molecule has 1 saturated heterocycles. The number of carbonyl (C=O) groups is 3. The fraction of sp³-hybridized carbons (Fsp3) is 0.190. The first-order chi connectivity index (χ1) is 14.8. The summed E-state index contributed by atoms with van der Waals surface area (Å²) in [6.45, 7) is 3.32. The molecular weight excluding hydrogens is 416 g/mol. The average molecular weight is 436 g/mol. The van der Waals surface area contributed by atoms with Crippen LogP contribution in [0, 0.1) is 11.7 Å². The van der Waals surface area contributed by atoms with E-state index in [-0.39, 0.29) is 11.3 Å². The first kappa shape index (κ1) is 20.5. The predicted octanol–water partition coefficient (Wildman–Crippen LogP) is 2.41. The van der Waals surface area contributed by atoms with Crippen LogP contribution in [0.4, 0.5) is 4.79 Å². The van der Waals surface area contributed by atoms with Crippen LogP contribution in [-0.2, 0) is 21.7 Å². The predicted molar refractivity (Wildman–Crippen MR) is 115 cm³/mol. The normalized spacial score (nSPS) is 18.2. The zero-order valence-electron chi connectivity index (χ0n) is 16.9. The maximum absolute atomic E-state index is 13.0. The number of urea groups is 1. The lowest BCUT2D eigenvalue weighted by atomic mass is 9.92. The minimum atomic E-state index is -1.27. The molecule has 3 N–H and O–H groups in total. The molecule has 0 bridgehead atoms. The number of carbonyl (C=O) groups excluding carboxylic acids is 3. The minimum Gasteiger partial charge on any atom is -0.318 e. The van der Waals surface area contributed by atoms with Crippen LogP contribution >= 0.6 is 12.2 Å². The van der Waals surface area contributed by atoms with Gasteiger partial charge in [0.2, 0.25) is 0 Å².